The molecule has 2 aromatic carbocycles. The molecule has 0 radical (unpaired) electrons. The van der Waals surface area contributed by atoms with E-state index in [0.717, 1.165) is 5.52 Å². The highest BCUT2D eigenvalue weighted by molar-refractivity contribution is 5.83. The molecule has 0 unspecified atom stereocenters. The molecule has 2 aromatic heterocycles. The van der Waals surface area contributed by atoms with Gasteiger partial charge in [0, 0.05) is 28.2 Å². The summed E-state index contributed by atoms with van der Waals surface area (Å²) >= 11 is 0. The number of benzene rings is 2. The quantitative estimate of drug-likeness (QED) is 0.469. The van der Waals surface area contributed by atoms with Crippen LogP contribution in [0, 0.1) is 0 Å². The fourth-order valence-electron chi connectivity index (χ4n) is 2.99. The zero-order valence-corrected chi connectivity index (χ0v) is 14.8. The van der Waals surface area contributed by atoms with Crippen molar-refractivity contribution in [3.63, 3.8) is 0 Å². The van der Waals surface area contributed by atoms with Crippen LogP contribution in [0.15, 0.2) is 54.7 Å². The summed E-state index contributed by atoms with van der Waals surface area (Å²) in [5.74, 6) is 1.11. The minimum Gasteiger partial charge on any atom is -0.361 e. The predicted molar refractivity (Wildman–Crippen MR) is 103 cm³/mol. The number of H-pyrrole nitrogens is 2. The van der Waals surface area contributed by atoms with E-state index in [1.54, 1.807) is 0 Å². The van der Waals surface area contributed by atoms with Crippen LogP contribution in [0.4, 0.5) is 0 Å². The van der Waals surface area contributed by atoms with Crippen molar-refractivity contribution in [2.24, 2.45) is 0 Å². The SMILES string of the molecule is CC(C)c1[nH]nc2ccccc12.CC(C)c1c[nH]c2ccccc12. The summed E-state index contributed by atoms with van der Waals surface area (Å²) < 4.78 is 0. The van der Waals surface area contributed by atoms with E-state index in [9.17, 15) is 0 Å². The molecule has 0 aliphatic rings. The van der Waals surface area contributed by atoms with Crippen molar-refractivity contribution in [1.29, 1.82) is 0 Å². The molecular weight excluding hydrogens is 294 g/mol. The van der Waals surface area contributed by atoms with Crippen molar-refractivity contribution in [2.75, 3.05) is 0 Å². The van der Waals surface area contributed by atoms with Crippen LogP contribution in [-0.4, -0.2) is 15.2 Å². The zero-order valence-electron chi connectivity index (χ0n) is 14.8. The maximum atomic E-state index is 4.21. The van der Waals surface area contributed by atoms with Gasteiger partial charge in [0.05, 0.1) is 5.52 Å². The van der Waals surface area contributed by atoms with Gasteiger partial charge < -0.3 is 4.98 Å². The molecule has 3 nitrogen and oxygen atoms in total. The molecule has 0 aliphatic carbocycles. The second kappa shape index (κ2) is 6.91. The molecule has 0 aliphatic heterocycles. The van der Waals surface area contributed by atoms with E-state index >= 15 is 0 Å². The van der Waals surface area contributed by atoms with E-state index in [0.29, 0.717) is 11.8 Å². The van der Waals surface area contributed by atoms with Crippen LogP contribution in [0.5, 0.6) is 0 Å². The largest absolute Gasteiger partial charge is 0.361 e. The highest BCUT2D eigenvalue weighted by atomic mass is 15.1. The number of hydrogen-bond donors (Lipinski definition) is 2. The molecule has 4 rings (SSSR count). The Kier molecular flexibility index (Phi) is 4.70. The fraction of sp³-hybridized carbons (Fsp3) is 0.286. The molecule has 24 heavy (non-hydrogen) atoms. The Labute approximate surface area is 143 Å². The lowest BCUT2D eigenvalue weighted by molar-refractivity contribution is 0.818. The van der Waals surface area contributed by atoms with Crippen LogP contribution in [0.25, 0.3) is 21.8 Å². The molecule has 0 amide bonds. The number of fused-ring (bicyclic) bond motifs is 2. The third-order valence-electron chi connectivity index (χ3n) is 4.31. The Balaban J connectivity index is 0.000000141. The fourth-order valence-corrected chi connectivity index (χ4v) is 2.99. The van der Waals surface area contributed by atoms with Crippen molar-refractivity contribution < 1.29 is 0 Å². The van der Waals surface area contributed by atoms with Crippen molar-refractivity contribution in [2.45, 2.75) is 39.5 Å². The van der Waals surface area contributed by atoms with Gasteiger partial charge in [-0.15, -0.1) is 0 Å². The van der Waals surface area contributed by atoms with E-state index in [-0.39, 0.29) is 0 Å². The molecule has 0 spiro atoms. The van der Waals surface area contributed by atoms with Gasteiger partial charge in [-0.3, -0.25) is 5.10 Å². The summed E-state index contributed by atoms with van der Waals surface area (Å²) in [5, 5.41) is 9.88. The van der Waals surface area contributed by atoms with Gasteiger partial charge in [-0.05, 0) is 29.5 Å². The van der Waals surface area contributed by atoms with E-state index in [2.05, 4.69) is 79.4 Å². The number of aromatic amines is 2. The molecule has 4 aromatic rings. The van der Waals surface area contributed by atoms with Crippen LogP contribution >= 0.6 is 0 Å². The Morgan fingerprint density at radius 1 is 0.792 bits per heavy atom. The van der Waals surface area contributed by atoms with Gasteiger partial charge >= 0.3 is 0 Å². The summed E-state index contributed by atoms with van der Waals surface area (Å²) in [6.45, 7) is 8.77. The minimum absolute atomic E-state index is 0.511. The monoisotopic (exact) mass is 319 g/mol. The molecule has 2 heterocycles. The van der Waals surface area contributed by atoms with Gasteiger partial charge in [0.2, 0.25) is 0 Å². The molecule has 3 heteroatoms. The van der Waals surface area contributed by atoms with Gasteiger partial charge in [-0.1, -0.05) is 64.1 Å². The number of nitrogens with one attached hydrogen (secondary N) is 2. The average Bonchev–Trinajstić information content (AvgIpc) is 3.19. The van der Waals surface area contributed by atoms with Crippen LogP contribution in [-0.2, 0) is 0 Å². The zero-order chi connectivity index (χ0) is 17.1. The molecular formula is C21H25N3. The Morgan fingerprint density at radius 2 is 1.46 bits per heavy atom. The molecule has 2 N–H and O–H groups in total. The van der Waals surface area contributed by atoms with Gasteiger partial charge in [-0.2, -0.15) is 5.10 Å². The maximum absolute atomic E-state index is 4.21. The molecule has 124 valence electrons. The lowest BCUT2D eigenvalue weighted by Gasteiger charge is -2.00. The highest BCUT2D eigenvalue weighted by Gasteiger charge is 2.06. The van der Waals surface area contributed by atoms with E-state index in [1.165, 1.54) is 27.5 Å². The third-order valence-corrected chi connectivity index (χ3v) is 4.31. The number of aromatic nitrogens is 3. The molecule has 0 atom stereocenters. The highest BCUT2D eigenvalue weighted by Crippen LogP contribution is 2.24. The number of rotatable bonds is 2. The normalized spacial score (nSPS) is 11.2. The van der Waals surface area contributed by atoms with Gasteiger partial charge in [0.25, 0.3) is 0 Å². The summed E-state index contributed by atoms with van der Waals surface area (Å²) in [7, 11) is 0. The molecule has 0 bridgehead atoms. The van der Waals surface area contributed by atoms with Crippen LogP contribution in [0.2, 0.25) is 0 Å². The summed E-state index contributed by atoms with van der Waals surface area (Å²) in [4.78, 5) is 3.27. The van der Waals surface area contributed by atoms with Gasteiger partial charge in [0.15, 0.2) is 0 Å². The standard InChI is InChI=1S/C11H13N.C10H12N2/c1-8(2)10-7-12-11-6-4-3-5-9(10)11;1-7(2)10-8-5-3-4-6-9(8)11-12-10/h3-8,12H,1-2H3;3-7H,1-2H3,(H,11,12). The summed E-state index contributed by atoms with van der Waals surface area (Å²) in [6, 6.07) is 16.6. The maximum Gasteiger partial charge on any atom is 0.0923 e. The second-order valence-corrected chi connectivity index (χ2v) is 6.75. The molecule has 0 saturated carbocycles. The molecule has 0 fully saturated rings. The van der Waals surface area contributed by atoms with Crippen molar-refractivity contribution >= 4 is 21.8 Å². The lowest BCUT2D eigenvalue weighted by atomic mass is 10.0. The Hall–Kier alpha value is -2.55. The Morgan fingerprint density at radius 3 is 2.17 bits per heavy atom. The van der Waals surface area contributed by atoms with Crippen LogP contribution in [0.1, 0.15) is 50.8 Å². The van der Waals surface area contributed by atoms with Gasteiger partial charge in [0.1, 0.15) is 0 Å². The summed E-state index contributed by atoms with van der Waals surface area (Å²) in [6.07, 6.45) is 2.11. The first kappa shape index (κ1) is 16.3. The first-order valence-electron chi connectivity index (χ1n) is 8.57. The van der Waals surface area contributed by atoms with Crippen molar-refractivity contribution in [3.05, 3.63) is 66.0 Å². The number of para-hydroxylation sites is 2. The number of hydrogen-bond acceptors (Lipinski definition) is 1. The van der Waals surface area contributed by atoms with E-state index in [1.807, 2.05) is 18.2 Å². The van der Waals surface area contributed by atoms with E-state index < -0.39 is 0 Å². The molecule has 0 saturated heterocycles. The summed E-state index contributed by atoms with van der Waals surface area (Å²) in [5.41, 5.74) is 4.93. The van der Waals surface area contributed by atoms with Crippen LogP contribution in [0.3, 0.4) is 0 Å². The van der Waals surface area contributed by atoms with Crippen molar-refractivity contribution in [1.82, 2.24) is 15.2 Å². The smallest absolute Gasteiger partial charge is 0.0923 e. The minimum atomic E-state index is 0.511. The number of nitrogens with zero attached hydrogens (tertiary/aromatic N) is 1. The van der Waals surface area contributed by atoms with Crippen LogP contribution < -0.4 is 0 Å². The topological polar surface area (TPSA) is 44.5 Å². The first-order valence-corrected chi connectivity index (χ1v) is 8.57. The third kappa shape index (κ3) is 3.21. The van der Waals surface area contributed by atoms with Gasteiger partial charge in [-0.25, -0.2) is 0 Å². The predicted octanol–water partition coefficient (Wildman–Crippen LogP) is 5.98. The first-order chi connectivity index (χ1) is 11.6. The average molecular weight is 319 g/mol. The lowest BCUT2D eigenvalue weighted by Crippen LogP contribution is -1.86. The van der Waals surface area contributed by atoms with Crippen molar-refractivity contribution in [3.8, 4) is 0 Å². The second-order valence-electron chi connectivity index (χ2n) is 6.75. The Bertz CT molecular complexity index is 850. The van der Waals surface area contributed by atoms with E-state index in [4.69, 9.17) is 0 Å².